The molecule has 0 atom stereocenters. The molecule has 0 N–H and O–H groups in total. The van der Waals surface area contributed by atoms with Gasteiger partial charge in [-0.3, -0.25) is 4.79 Å². The molecule has 0 heterocycles. The summed E-state index contributed by atoms with van der Waals surface area (Å²) in [6.45, 7) is 0. The van der Waals surface area contributed by atoms with Gasteiger partial charge >= 0.3 is 5.97 Å². The molecule has 0 unspecified atom stereocenters. The van der Waals surface area contributed by atoms with Gasteiger partial charge in [-0.25, -0.2) is 0 Å². The van der Waals surface area contributed by atoms with E-state index in [4.69, 9.17) is 30.5 Å². The summed E-state index contributed by atoms with van der Waals surface area (Å²) in [5, 5.41) is 0.585. The number of carbonyl (C=O) groups excluding carboxylic acids is 1. The van der Waals surface area contributed by atoms with Crippen molar-refractivity contribution in [1.29, 1.82) is 0 Å². The highest BCUT2D eigenvalue weighted by atomic mass is 35.5. The molecule has 0 radical (unpaired) electrons. The first kappa shape index (κ1) is 21.5. The number of carbonyl (C=O) groups is 1. The molecule has 0 amide bonds. The highest BCUT2D eigenvalue weighted by Gasteiger charge is 2.19. The van der Waals surface area contributed by atoms with E-state index < -0.39 is 5.97 Å². The number of esters is 1. The van der Waals surface area contributed by atoms with Crippen molar-refractivity contribution in [2.75, 3.05) is 21.3 Å². The summed E-state index contributed by atoms with van der Waals surface area (Å²) in [7, 11) is 4.58. The Labute approximate surface area is 181 Å². The average Bonchev–Trinajstić information content (AvgIpc) is 2.75. The zero-order valence-corrected chi connectivity index (χ0v) is 17.9. The molecule has 0 aromatic heterocycles. The van der Waals surface area contributed by atoms with Crippen molar-refractivity contribution in [3.63, 3.8) is 0 Å². The van der Waals surface area contributed by atoms with Crippen LogP contribution >= 0.6 is 11.6 Å². The van der Waals surface area contributed by atoms with E-state index in [9.17, 15) is 4.79 Å². The lowest BCUT2D eigenvalue weighted by molar-refractivity contribution is -0.133. The minimum absolute atomic E-state index is 0.0108. The van der Waals surface area contributed by atoms with Crippen molar-refractivity contribution < 1.29 is 23.7 Å². The van der Waals surface area contributed by atoms with Crippen molar-refractivity contribution in [3.8, 4) is 23.0 Å². The van der Waals surface area contributed by atoms with Gasteiger partial charge < -0.3 is 18.9 Å². The van der Waals surface area contributed by atoms with Crippen LogP contribution in [0.4, 0.5) is 0 Å². The van der Waals surface area contributed by atoms with E-state index >= 15 is 0 Å². The Bertz CT molecular complexity index is 1020. The Morgan fingerprint density at radius 1 is 0.800 bits per heavy atom. The van der Waals surface area contributed by atoms with Crippen LogP contribution in [0.25, 0.3) is 0 Å². The van der Waals surface area contributed by atoms with Crippen LogP contribution in [-0.2, 0) is 17.6 Å². The minimum atomic E-state index is -0.419. The smallest absolute Gasteiger partial charge is 0.315 e. The van der Waals surface area contributed by atoms with Crippen molar-refractivity contribution in [1.82, 2.24) is 0 Å². The summed E-state index contributed by atoms with van der Waals surface area (Å²) >= 11 is 6.17. The molecule has 30 heavy (non-hydrogen) atoms. The second-order valence-corrected chi connectivity index (χ2v) is 7.00. The third-order valence-corrected chi connectivity index (χ3v) is 4.84. The van der Waals surface area contributed by atoms with Crippen molar-refractivity contribution in [2.24, 2.45) is 0 Å². The molecular weight excluding hydrogens is 404 g/mol. The lowest BCUT2D eigenvalue weighted by atomic mass is 10.0. The van der Waals surface area contributed by atoms with Crippen LogP contribution in [0.15, 0.2) is 60.7 Å². The van der Waals surface area contributed by atoms with Crippen LogP contribution < -0.4 is 18.9 Å². The molecular formula is C24H23ClO5. The van der Waals surface area contributed by atoms with Crippen molar-refractivity contribution in [2.45, 2.75) is 12.8 Å². The largest absolute Gasteiger partial charge is 0.493 e. The molecule has 0 spiro atoms. The van der Waals surface area contributed by atoms with Gasteiger partial charge in [0.1, 0.15) is 5.75 Å². The highest BCUT2D eigenvalue weighted by molar-refractivity contribution is 6.30. The maximum absolute atomic E-state index is 12.7. The number of rotatable bonds is 8. The first-order chi connectivity index (χ1) is 14.5. The van der Waals surface area contributed by atoms with Crippen LogP contribution in [0.3, 0.4) is 0 Å². The molecule has 0 aliphatic heterocycles. The predicted octanol–water partition coefficient (Wildman–Crippen LogP) is 5.10. The maximum atomic E-state index is 12.7. The zero-order chi connectivity index (χ0) is 21.5. The molecule has 0 bridgehead atoms. The summed E-state index contributed by atoms with van der Waals surface area (Å²) < 4.78 is 21.8. The van der Waals surface area contributed by atoms with Crippen molar-refractivity contribution >= 4 is 17.6 Å². The fourth-order valence-corrected chi connectivity index (χ4v) is 3.41. The molecule has 0 aliphatic carbocycles. The number of hydrogen-bond acceptors (Lipinski definition) is 5. The lowest BCUT2D eigenvalue weighted by Crippen LogP contribution is -2.13. The third kappa shape index (κ3) is 5.05. The molecule has 0 saturated carbocycles. The van der Waals surface area contributed by atoms with Gasteiger partial charge in [0.05, 0.1) is 27.8 Å². The standard InChI is InChI=1S/C24H23ClO5/c1-27-21-11-9-17(23(28-2)24(21)29-3)15-22(26)30-20-12-10-19(25)14-18(20)13-16-7-5-4-6-8-16/h4-12,14H,13,15H2,1-3H3. The zero-order valence-electron chi connectivity index (χ0n) is 17.1. The normalized spacial score (nSPS) is 10.4. The third-order valence-electron chi connectivity index (χ3n) is 4.60. The fraction of sp³-hybridized carbons (Fsp3) is 0.208. The number of halogens is 1. The van der Waals surface area contributed by atoms with E-state index in [1.165, 1.54) is 14.2 Å². The molecule has 0 fully saturated rings. The van der Waals surface area contributed by atoms with E-state index in [1.54, 1.807) is 31.4 Å². The topological polar surface area (TPSA) is 54.0 Å². The van der Waals surface area contributed by atoms with E-state index in [2.05, 4.69) is 0 Å². The van der Waals surface area contributed by atoms with E-state index in [1.807, 2.05) is 36.4 Å². The number of methoxy groups -OCH3 is 3. The van der Waals surface area contributed by atoms with Crippen molar-refractivity contribution in [3.05, 3.63) is 82.4 Å². The first-order valence-electron chi connectivity index (χ1n) is 9.36. The lowest BCUT2D eigenvalue weighted by Gasteiger charge is -2.16. The van der Waals surface area contributed by atoms with Gasteiger partial charge in [-0.2, -0.15) is 0 Å². The van der Waals surface area contributed by atoms with Gasteiger partial charge in [-0.05, 0) is 29.8 Å². The monoisotopic (exact) mass is 426 g/mol. The van der Waals surface area contributed by atoms with Gasteiger partial charge in [0.2, 0.25) is 5.75 Å². The molecule has 156 valence electrons. The van der Waals surface area contributed by atoms with E-state index in [0.29, 0.717) is 40.0 Å². The molecule has 3 rings (SSSR count). The second kappa shape index (κ2) is 10.0. The highest BCUT2D eigenvalue weighted by Crippen LogP contribution is 2.40. The van der Waals surface area contributed by atoms with Crippen LogP contribution in [0.1, 0.15) is 16.7 Å². The molecule has 3 aromatic carbocycles. The van der Waals surface area contributed by atoms with Gasteiger partial charge in [0, 0.05) is 22.6 Å². The average molecular weight is 427 g/mol. The predicted molar refractivity (Wildman–Crippen MR) is 116 cm³/mol. The van der Waals surface area contributed by atoms with Gasteiger partial charge in [-0.15, -0.1) is 0 Å². The summed E-state index contributed by atoms with van der Waals surface area (Å²) in [6.07, 6.45) is 0.612. The Kier molecular flexibility index (Phi) is 7.20. The molecule has 0 aliphatic rings. The minimum Gasteiger partial charge on any atom is -0.493 e. The number of hydrogen-bond donors (Lipinski definition) is 0. The van der Waals surface area contributed by atoms with Gasteiger partial charge in [0.15, 0.2) is 11.5 Å². The molecule has 6 heteroatoms. The first-order valence-corrected chi connectivity index (χ1v) is 9.74. The Morgan fingerprint density at radius 3 is 2.17 bits per heavy atom. The van der Waals surface area contributed by atoms with Crippen LogP contribution in [0.2, 0.25) is 5.02 Å². The molecule has 0 saturated heterocycles. The van der Waals surface area contributed by atoms with Crippen LogP contribution in [-0.4, -0.2) is 27.3 Å². The summed E-state index contributed by atoms with van der Waals surface area (Å²) in [4.78, 5) is 12.7. The Balaban J connectivity index is 1.82. The summed E-state index contributed by atoms with van der Waals surface area (Å²) in [6, 6.07) is 18.6. The maximum Gasteiger partial charge on any atom is 0.315 e. The Hall–Kier alpha value is -3.18. The number of benzene rings is 3. The number of ether oxygens (including phenoxy) is 4. The molecule has 5 nitrogen and oxygen atoms in total. The Morgan fingerprint density at radius 2 is 1.50 bits per heavy atom. The van der Waals surface area contributed by atoms with Gasteiger partial charge in [0.25, 0.3) is 0 Å². The van der Waals surface area contributed by atoms with E-state index in [-0.39, 0.29) is 6.42 Å². The molecule has 3 aromatic rings. The van der Waals surface area contributed by atoms with Crippen LogP contribution in [0.5, 0.6) is 23.0 Å². The van der Waals surface area contributed by atoms with E-state index in [0.717, 1.165) is 11.1 Å². The SMILES string of the molecule is COc1ccc(CC(=O)Oc2ccc(Cl)cc2Cc2ccccc2)c(OC)c1OC. The quantitative estimate of drug-likeness (QED) is 0.370. The summed E-state index contributed by atoms with van der Waals surface area (Å²) in [5.41, 5.74) is 2.57. The van der Waals surface area contributed by atoms with Gasteiger partial charge in [-0.1, -0.05) is 48.0 Å². The fourth-order valence-electron chi connectivity index (χ4n) is 3.22. The van der Waals surface area contributed by atoms with Crippen LogP contribution in [0, 0.1) is 0 Å². The summed E-state index contributed by atoms with van der Waals surface area (Å²) in [5.74, 6) is 1.45. The second-order valence-electron chi connectivity index (χ2n) is 6.56.